The van der Waals surface area contributed by atoms with Crippen molar-refractivity contribution in [2.75, 3.05) is 6.61 Å². The highest BCUT2D eigenvalue weighted by atomic mass is 16.6. The molecule has 0 fully saturated rings. The maximum absolute atomic E-state index is 12.4. The summed E-state index contributed by atoms with van der Waals surface area (Å²) in [4.78, 5) is 27.3. The van der Waals surface area contributed by atoms with E-state index >= 15 is 0 Å². The smallest absolute Gasteiger partial charge is 0.363 e. The molecule has 4 rings (SSSR count). The van der Waals surface area contributed by atoms with Gasteiger partial charge in [0.05, 0.1) is 11.5 Å². The maximum atomic E-state index is 12.4. The first-order chi connectivity index (χ1) is 16.8. The van der Waals surface area contributed by atoms with E-state index in [0.717, 1.165) is 11.1 Å². The fourth-order valence-corrected chi connectivity index (χ4v) is 3.65. The molecule has 1 aliphatic rings. The molecule has 0 aliphatic carbocycles. The van der Waals surface area contributed by atoms with Gasteiger partial charge in [0, 0.05) is 17.2 Å². The number of carbonyl (C=O) groups is 1. The number of rotatable bonds is 8. The standard InChI is InChI=1S/C27H24N2O6/c1-4-33-25-15-19(8-11-24(25)34-16-20-7-5-6-17(2)12-20)14-22-27(30)35-26(28-22)21-9-10-23(29(31)32)18(3)13-21/h5-15H,4,16H2,1-3H3/b22-14-. The van der Waals surface area contributed by atoms with E-state index in [4.69, 9.17) is 14.2 Å². The number of hydrogen-bond acceptors (Lipinski definition) is 7. The lowest BCUT2D eigenvalue weighted by molar-refractivity contribution is -0.385. The van der Waals surface area contributed by atoms with Gasteiger partial charge in [0.25, 0.3) is 5.69 Å². The van der Waals surface area contributed by atoms with E-state index < -0.39 is 10.9 Å². The van der Waals surface area contributed by atoms with Crippen molar-refractivity contribution in [3.8, 4) is 11.5 Å². The van der Waals surface area contributed by atoms with E-state index in [2.05, 4.69) is 11.1 Å². The molecule has 0 aromatic heterocycles. The number of esters is 1. The number of carbonyl (C=O) groups excluding carboxylic acids is 1. The summed E-state index contributed by atoms with van der Waals surface area (Å²) in [6, 6.07) is 17.9. The number of aliphatic imine (C=N–C) groups is 1. The van der Waals surface area contributed by atoms with Crippen LogP contribution in [0.4, 0.5) is 5.69 Å². The van der Waals surface area contributed by atoms with Gasteiger partial charge >= 0.3 is 5.97 Å². The van der Waals surface area contributed by atoms with Crippen molar-refractivity contribution < 1.29 is 23.9 Å². The third kappa shape index (κ3) is 5.55. The minimum Gasteiger partial charge on any atom is -0.490 e. The highest BCUT2D eigenvalue weighted by Gasteiger charge is 2.25. The molecule has 0 spiro atoms. The average Bonchev–Trinajstić information content (AvgIpc) is 3.18. The molecule has 35 heavy (non-hydrogen) atoms. The number of ether oxygens (including phenoxy) is 3. The Hall–Kier alpha value is -4.46. The first kappa shape index (κ1) is 23.7. The fraction of sp³-hybridized carbons (Fsp3) is 0.185. The summed E-state index contributed by atoms with van der Waals surface area (Å²) in [5, 5.41) is 11.0. The van der Waals surface area contributed by atoms with Crippen molar-refractivity contribution in [1.29, 1.82) is 0 Å². The summed E-state index contributed by atoms with van der Waals surface area (Å²) < 4.78 is 17.0. The van der Waals surface area contributed by atoms with Gasteiger partial charge in [0.15, 0.2) is 17.2 Å². The molecule has 1 aliphatic heterocycles. The highest BCUT2D eigenvalue weighted by molar-refractivity contribution is 6.13. The van der Waals surface area contributed by atoms with Gasteiger partial charge in [-0.25, -0.2) is 9.79 Å². The Kier molecular flexibility index (Phi) is 6.91. The fourth-order valence-electron chi connectivity index (χ4n) is 3.65. The summed E-state index contributed by atoms with van der Waals surface area (Å²) >= 11 is 0. The summed E-state index contributed by atoms with van der Waals surface area (Å²) in [7, 11) is 0. The van der Waals surface area contributed by atoms with Crippen LogP contribution in [-0.4, -0.2) is 23.4 Å². The van der Waals surface area contributed by atoms with Crippen LogP contribution >= 0.6 is 0 Å². The summed E-state index contributed by atoms with van der Waals surface area (Å²) in [5.74, 6) is 0.641. The maximum Gasteiger partial charge on any atom is 0.363 e. The van der Waals surface area contributed by atoms with Gasteiger partial charge in [0.1, 0.15) is 6.61 Å². The number of benzene rings is 3. The van der Waals surface area contributed by atoms with Gasteiger partial charge in [-0.1, -0.05) is 35.9 Å². The first-order valence-corrected chi connectivity index (χ1v) is 11.1. The molecule has 0 saturated carbocycles. The highest BCUT2D eigenvalue weighted by Crippen LogP contribution is 2.31. The average molecular weight is 472 g/mol. The molecule has 0 atom stereocenters. The van der Waals surface area contributed by atoms with Gasteiger partial charge in [-0.05, 0) is 62.2 Å². The van der Waals surface area contributed by atoms with E-state index in [0.29, 0.717) is 41.4 Å². The summed E-state index contributed by atoms with van der Waals surface area (Å²) in [6.07, 6.45) is 1.60. The SMILES string of the molecule is CCOc1cc(/C=C2\N=C(c3ccc([N+](=O)[O-])c(C)c3)OC2=O)ccc1OCc1cccc(C)c1. The monoisotopic (exact) mass is 472 g/mol. The molecule has 178 valence electrons. The number of aryl methyl sites for hydroxylation is 2. The molecule has 0 N–H and O–H groups in total. The van der Waals surface area contributed by atoms with Crippen LogP contribution in [0.25, 0.3) is 6.08 Å². The predicted octanol–water partition coefficient (Wildman–Crippen LogP) is 5.53. The van der Waals surface area contributed by atoms with E-state index in [9.17, 15) is 14.9 Å². The van der Waals surface area contributed by atoms with Crippen molar-refractivity contribution in [3.63, 3.8) is 0 Å². The van der Waals surface area contributed by atoms with E-state index in [1.54, 1.807) is 37.3 Å². The van der Waals surface area contributed by atoms with Gasteiger partial charge in [-0.3, -0.25) is 10.1 Å². The second-order valence-electron chi connectivity index (χ2n) is 8.01. The van der Waals surface area contributed by atoms with Crippen LogP contribution in [0.15, 0.2) is 71.4 Å². The minimum absolute atomic E-state index is 0.0115. The van der Waals surface area contributed by atoms with Gasteiger partial charge in [-0.15, -0.1) is 0 Å². The van der Waals surface area contributed by atoms with Crippen molar-refractivity contribution in [2.45, 2.75) is 27.4 Å². The van der Waals surface area contributed by atoms with Crippen LogP contribution < -0.4 is 9.47 Å². The molecule has 8 heteroatoms. The number of cyclic esters (lactones) is 1. The van der Waals surface area contributed by atoms with Crippen LogP contribution in [-0.2, 0) is 16.1 Å². The minimum atomic E-state index is -0.603. The van der Waals surface area contributed by atoms with Crippen molar-refractivity contribution in [2.24, 2.45) is 4.99 Å². The third-order valence-electron chi connectivity index (χ3n) is 5.31. The Labute approximate surface area is 202 Å². The van der Waals surface area contributed by atoms with Crippen LogP contribution in [0.2, 0.25) is 0 Å². The molecule has 1 heterocycles. The summed E-state index contributed by atoms with van der Waals surface area (Å²) in [6.45, 7) is 6.38. The number of nitrogens with zero attached hydrogens (tertiary/aromatic N) is 2. The predicted molar refractivity (Wildman–Crippen MR) is 132 cm³/mol. The zero-order valence-electron chi connectivity index (χ0n) is 19.6. The zero-order chi connectivity index (χ0) is 24.9. The Morgan fingerprint density at radius 3 is 2.57 bits per heavy atom. The molecule has 0 amide bonds. The van der Waals surface area contributed by atoms with Gasteiger partial charge in [-0.2, -0.15) is 0 Å². The molecule has 0 unspecified atom stereocenters. The Balaban J connectivity index is 1.56. The van der Waals surface area contributed by atoms with Crippen molar-refractivity contribution >= 4 is 23.6 Å². The van der Waals surface area contributed by atoms with Gasteiger partial charge in [0.2, 0.25) is 5.90 Å². The molecule has 3 aromatic rings. The Bertz CT molecular complexity index is 1360. The number of nitro groups is 1. The molecular weight excluding hydrogens is 448 g/mol. The van der Waals surface area contributed by atoms with Crippen LogP contribution in [0, 0.1) is 24.0 Å². The second kappa shape index (κ2) is 10.2. The van der Waals surface area contributed by atoms with Crippen LogP contribution in [0.5, 0.6) is 11.5 Å². The third-order valence-corrected chi connectivity index (χ3v) is 5.31. The molecule has 8 nitrogen and oxygen atoms in total. The quantitative estimate of drug-likeness (QED) is 0.185. The van der Waals surface area contributed by atoms with Crippen molar-refractivity contribution in [1.82, 2.24) is 0 Å². The molecule has 3 aromatic carbocycles. The van der Waals surface area contributed by atoms with Crippen LogP contribution in [0.3, 0.4) is 0 Å². The molecule has 0 radical (unpaired) electrons. The van der Waals surface area contributed by atoms with E-state index in [1.165, 1.54) is 12.1 Å². The Morgan fingerprint density at radius 1 is 1.03 bits per heavy atom. The zero-order valence-corrected chi connectivity index (χ0v) is 19.6. The lowest BCUT2D eigenvalue weighted by Crippen LogP contribution is -2.06. The number of nitro benzene ring substituents is 1. The van der Waals surface area contributed by atoms with Crippen LogP contribution in [0.1, 0.15) is 34.7 Å². The largest absolute Gasteiger partial charge is 0.490 e. The van der Waals surface area contributed by atoms with Gasteiger partial charge < -0.3 is 14.2 Å². The normalized spacial score (nSPS) is 14.0. The molecular formula is C27H24N2O6. The Morgan fingerprint density at radius 2 is 1.86 bits per heavy atom. The van der Waals surface area contributed by atoms with E-state index in [-0.39, 0.29) is 17.3 Å². The second-order valence-corrected chi connectivity index (χ2v) is 8.01. The topological polar surface area (TPSA) is 100 Å². The van der Waals surface area contributed by atoms with Crippen molar-refractivity contribution in [3.05, 3.63) is 104 Å². The summed E-state index contributed by atoms with van der Waals surface area (Å²) in [5.41, 5.74) is 3.94. The number of hydrogen-bond donors (Lipinski definition) is 0. The molecule has 0 saturated heterocycles. The lowest BCUT2D eigenvalue weighted by Gasteiger charge is -2.13. The first-order valence-electron chi connectivity index (χ1n) is 11.1. The van der Waals surface area contributed by atoms with E-state index in [1.807, 2.05) is 32.0 Å². The molecule has 0 bridgehead atoms. The lowest BCUT2D eigenvalue weighted by atomic mass is 10.1.